The maximum absolute atomic E-state index is 10.8. The first-order valence-electron chi connectivity index (χ1n) is 5.99. The van der Waals surface area contributed by atoms with Gasteiger partial charge in [-0.05, 0) is 41.7 Å². The van der Waals surface area contributed by atoms with E-state index in [9.17, 15) is 4.79 Å². The van der Waals surface area contributed by atoms with Gasteiger partial charge in [-0.1, -0.05) is 48.3 Å². The fourth-order valence-electron chi connectivity index (χ4n) is 1.76. The fraction of sp³-hybridized carbons (Fsp3) is 0.400. The average Bonchev–Trinajstić information content (AvgIpc) is 2.31. The molecule has 0 aliphatic heterocycles. The standard InChI is InChI=1S/C15H19BrO/c1-4-11(2)9-13(7-8-17)15-10-14(16)6-5-12(15)3/h5-6,8-11H,4,7H2,1-3H3/b13-9-. The van der Waals surface area contributed by atoms with Crippen molar-refractivity contribution in [3.8, 4) is 0 Å². The van der Waals surface area contributed by atoms with Crippen LogP contribution in [0.3, 0.4) is 0 Å². The Morgan fingerprint density at radius 1 is 1.47 bits per heavy atom. The van der Waals surface area contributed by atoms with Gasteiger partial charge in [-0.25, -0.2) is 0 Å². The van der Waals surface area contributed by atoms with Gasteiger partial charge in [0.15, 0.2) is 0 Å². The Hall–Kier alpha value is -0.890. The van der Waals surface area contributed by atoms with Gasteiger partial charge < -0.3 is 4.79 Å². The molecule has 1 aromatic rings. The summed E-state index contributed by atoms with van der Waals surface area (Å²) in [5.74, 6) is 0.503. The van der Waals surface area contributed by atoms with E-state index in [0.29, 0.717) is 12.3 Å². The van der Waals surface area contributed by atoms with E-state index in [1.54, 1.807) is 0 Å². The van der Waals surface area contributed by atoms with E-state index in [2.05, 4.69) is 54.9 Å². The molecule has 0 radical (unpaired) electrons. The van der Waals surface area contributed by atoms with Gasteiger partial charge in [0.05, 0.1) is 0 Å². The second-order valence-electron chi connectivity index (χ2n) is 4.41. The molecule has 1 nitrogen and oxygen atoms in total. The fourth-order valence-corrected chi connectivity index (χ4v) is 2.12. The zero-order chi connectivity index (χ0) is 12.8. The summed E-state index contributed by atoms with van der Waals surface area (Å²) in [5.41, 5.74) is 3.52. The van der Waals surface area contributed by atoms with Crippen LogP contribution in [0.25, 0.3) is 5.57 Å². The van der Waals surface area contributed by atoms with E-state index in [-0.39, 0.29) is 0 Å². The van der Waals surface area contributed by atoms with E-state index in [1.807, 2.05) is 6.07 Å². The van der Waals surface area contributed by atoms with Gasteiger partial charge in [-0.15, -0.1) is 0 Å². The summed E-state index contributed by atoms with van der Waals surface area (Å²) >= 11 is 3.48. The Morgan fingerprint density at radius 2 is 2.18 bits per heavy atom. The lowest BCUT2D eigenvalue weighted by Crippen LogP contribution is -1.95. The molecule has 0 amide bonds. The Bertz CT molecular complexity index is 421. The molecule has 0 saturated carbocycles. The van der Waals surface area contributed by atoms with Crippen molar-refractivity contribution < 1.29 is 4.79 Å². The zero-order valence-electron chi connectivity index (χ0n) is 10.7. The zero-order valence-corrected chi connectivity index (χ0v) is 12.3. The Kier molecular flexibility index (Phi) is 5.63. The summed E-state index contributed by atoms with van der Waals surface area (Å²) in [4.78, 5) is 10.8. The van der Waals surface area contributed by atoms with E-state index in [4.69, 9.17) is 0 Å². The van der Waals surface area contributed by atoms with Crippen molar-refractivity contribution in [3.05, 3.63) is 39.9 Å². The number of halogens is 1. The highest BCUT2D eigenvalue weighted by Gasteiger charge is 2.07. The van der Waals surface area contributed by atoms with Crippen LogP contribution in [0.4, 0.5) is 0 Å². The van der Waals surface area contributed by atoms with Crippen LogP contribution in [-0.2, 0) is 4.79 Å². The van der Waals surface area contributed by atoms with Gasteiger partial charge in [0.2, 0.25) is 0 Å². The largest absolute Gasteiger partial charge is 0.303 e. The third-order valence-electron chi connectivity index (χ3n) is 2.98. The van der Waals surface area contributed by atoms with Crippen LogP contribution < -0.4 is 0 Å². The molecule has 0 aliphatic carbocycles. The minimum atomic E-state index is 0.488. The number of benzene rings is 1. The topological polar surface area (TPSA) is 17.1 Å². The molecule has 0 fully saturated rings. The van der Waals surface area contributed by atoms with Gasteiger partial charge in [0.25, 0.3) is 0 Å². The van der Waals surface area contributed by atoms with Crippen molar-refractivity contribution in [2.75, 3.05) is 0 Å². The number of carbonyl (C=O) groups is 1. The molecule has 0 aliphatic rings. The SMILES string of the molecule is CCC(C)/C=C(/CC=O)c1cc(Br)ccc1C. The lowest BCUT2D eigenvalue weighted by atomic mass is 9.94. The van der Waals surface area contributed by atoms with Crippen LogP contribution in [-0.4, -0.2) is 6.29 Å². The lowest BCUT2D eigenvalue weighted by molar-refractivity contribution is -0.107. The third kappa shape index (κ3) is 4.12. The quantitative estimate of drug-likeness (QED) is 0.715. The number of allylic oxidation sites excluding steroid dienone is 2. The molecular formula is C15H19BrO. The lowest BCUT2D eigenvalue weighted by Gasteiger charge is -2.11. The number of carbonyl (C=O) groups excluding carboxylic acids is 1. The van der Waals surface area contributed by atoms with E-state index < -0.39 is 0 Å². The first-order chi connectivity index (χ1) is 8.08. The molecule has 1 unspecified atom stereocenters. The minimum Gasteiger partial charge on any atom is -0.303 e. The van der Waals surface area contributed by atoms with E-state index in [0.717, 1.165) is 22.8 Å². The van der Waals surface area contributed by atoms with Crippen molar-refractivity contribution in [2.24, 2.45) is 5.92 Å². The highest BCUT2D eigenvalue weighted by Crippen LogP contribution is 2.26. The van der Waals surface area contributed by atoms with Crippen molar-refractivity contribution in [3.63, 3.8) is 0 Å². The number of hydrogen-bond acceptors (Lipinski definition) is 1. The minimum absolute atomic E-state index is 0.488. The van der Waals surface area contributed by atoms with Crippen LogP contribution in [0.5, 0.6) is 0 Å². The Balaban J connectivity index is 3.17. The summed E-state index contributed by atoms with van der Waals surface area (Å²) in [6.07, 6.45) is 4.77. The maximum atomic E-state index is 10.8. The summed E-state index contributed by atoms with van der Waals surface area (Å²) in [5, 5.41) is 0. The highest BCUT2D eigenvalue weighted by molar-refractivity contribution is 9.10. The molecule has 2 heteroatoms. The van der Waals surface area contributed by atoms with Gasteiger partial charge >= 0.3 is 0 Å². The van der Waals surface area contributed by atoms with Crippen molar-refractivity contribution in [1.29, 1.82) is 0 Å². The van der Waals surface area contributed by atoms with Gasteiger partial charge in [0, 0.05) is 10.9 Å². The van der Waals surface area contributed by atoms with Crippen molar-refractivity contribution >= 4 is 27.8 Å². The molecule has 92 valence electrons. The van der Waals surface area contributed by atoms with Gasteiger partial charge in [-0.3, -0.25) is 0 Å². The van der Waals surface area contributed by atoms with E-state index >= 15 is 0 Å². The number of hydrogen-bond donors (Lipinski definition) is 0. The molecule has 0 saturated heterocycles. The predicted octanol–water partition coefficient (Wildman–Crippen LogP) is 4.78. The molecule has 1 rings (SSSR count). The molecule has 0 aromatic heterocycles. The van der Waals surface area contributed by atoms with Crippen LogP contribution in [0, 0.1) is 12.8 Å². The molecular weight excluding hydrogens is 276 g/mol. The molecule has 0 spiro atoms. The number of rotatable bonds is 5. The molecule has 17 heavy (non-hydrogen) atoms. The average molecular weight is 295 g/mol. The van der Waals surface area contributed by atoms with Gasteiger partial charge in [0.1, 0.15) is 6.29 Å². The normalized spacial score (nSPS) is 13.5. The van der Waals surface area contributed by atoms with Crippen LogP contribution in [0.1, 0.15) is 37.8 Å². The van der Waals surface area contributed by atoms with Crippen LogP contribution in [0.15, 0.2) is 28.7 Å². The van der Waals surface area contributed by atoms with Crippen LogP contribution in [0.2, 0.25) is 0 Å². The Morgan fingerprint density at radius 3 is 2.76 bits per heavy atom. The van der Waals surface area contributed by atoms with Crippen molar-refractivity contribution in [2.45, 2.75) is 33.6 Å². The number of aldehydes is 1. The smallest absolute Gasteiger partial charge is 0.124 e. The summed E-state index contributed by atoms with van der Waals surface area (Å²) in [7, 11) is 0. The molecule has 0 bridgehead atoms. The first-order valence-corrected chi connectivity index (χ1v) is 6.78. The summed E-state index contributed by atoms with van der Waals surface area (Å²) in [6.45, 7) is 6.42. The number of aryl methyl sites for hydroxylation is 1. The van der Waals surface area contributed by atoms with Crippen molar-refractivity contribution in [1.82, 2.24) is 0 Å². The highest BCUT2D eigenvalue weighted by atomic mass is 79.9. The summed E-state index contributed by atoms with van der Waals surface area (Å²) in [6, 6.07) is 6.20. The monoisotopic (exact) mass is 294 g/mol. The van der Waals surface area contributed by atoms with E-state index in [1.165, 1.54) is 11.1 Å². The maximum Gasteiger partial charge on any atom is 0.124 e. The second kappa shape index (κ2) is 6.75. The molecule has 0 N–H and O–H groups in total. The second-order valence-corrected chi connectivity index (χ2v) is 5.32. The first kappa shape index (κ1) is 14.2. The van der Waals surface area contributed by atoms with Gasteiger partial charge in [-0.2, -0.15) is 0 Å². The molecule has 0 heterocycles. The predicted molar refractivity (Wildman–Crippen MR) is 77.0 cm³/mol. The molecule has 1 aromatic carbocycles. The molecule has 1 atom stereocenters. The summed E-state index contributed by atoms with van der Waals surface area (Å²) < 4.78 is 1.05. The van der Waals surface area contributed by atoms with Crippen LogP contribution >= 0.6 is 15.9 Å². The Labute approximate surface area is 112 Å². The third-order valence-corrected chi connectivity index (χ3v) is 3.47.